The Kier molecular flexibility index (Phi) is 4.57. The number of nitrogens with one attached hydrogen (secondary N) is 2. The van der Waals surface area contributed by atoms with Crippen LogP contribution in [0.25, 0.3) is 0 Å². The minimum Gasteiger partial charge on any atom is -0.494 e. The molecular weight excluding hydrogens is 310 g/mol. The molecule has 0 unspecified atom stereocenters. The lowest BCUT2D eigenvalue weighted by molar-refractivity contribution is 0.340. The van der Waals surface area contributed by atoms with Crippen LogP contribution < -0.4 is 15.6 Å². The summed E-state index contributed by atoms with van der Waals surface area (Å²) in [4.78, 5) is 11.4. The van der Waals surface area contributed by atoms with Crippen molar-refractivity contribution in [1.82, 2.24) is 10.2 Å². The highest BCUT2D eigenvalue weighted by Gasteiger charge is 2.04. The van der Waals surface area contributed by atoms with Gasteiger partial charge in [0, 0.05) is 6.54 Å². The van der Waals surface area contributed by atoms with Crippen LogP contribution in [0.4, 0.5) is 5.69 Å². The van der Waals surface area contributed by atoms with Crippen molar-refractivity contribution < 1.29 is 4.74 Å². The SMILES string of the molecule is CCOc1cccc(CNc2cn[nH]c(=O)c2Br)c1. The van der Waals surface area contributed by atoms with Gasteiger partial charge in [0.15, 0.2) is 0 Å². The van der Waals surface area contributed by atoms with Crippen molar-refractivity contribution in [3.8, 4) is 5.75 Å². The van der Waals surface area contributed by atoms with Gasteiger partial charge in [-0.3, -0.25) is 4.79 Å². The molecule has 5 nitrogen and oxygen atoms in total. The van der Waals surface area contributed by atoms with Crippen LogP contribution in [-0.2, 0) is 6.54 Å². The first-order chi connectivity index (χ1) is 9.20. The van der Waals surface area contributed by atoms with Crippen LogP contribution in [0.3, 0.4) is 0 Å². The molecule has 0 aliphatic rings. The summed E-state index contributed by atoms with van der Waals surface area (Å²) in [5.74, 6) is 0.838. The van der Waals surface area contributed by atoms with Crippen molar-refractivity contribution in [1.29, 1.82) is 0 Å². The van der Waals surface area contributed by atoms with Gasteiger partial charge >= 0.3 is 0 Å². The van der Waals surface area contributed by atoms with Gasteiger partial charge < -0.3 is 10.1 Å². The van der Waals surface area contributed by atoms with E-state index in [2.05, 4.69) is 31.4 Å². The second kappa shape index (κ2) is 6.38. The van der Waals surface area contributed by atoms with E-state index in [0.29, 0.717) is 23.3 Å². The van der Waals surface area contributed by atoms with Gasteiger partial charge in [-0.05, 0) is 40.5 Å². The summed E-state index contributed by atoms with van der Waals surface area (Å²) in [6, 6.07) is 7.81. The molecule has 19 heavy (non-hydrogen) atoms. The van der Waals surface area contributed by atoms with E-state index in [1.807, 2.05) is 31.2 Å². The second-order valence-electron chi connectivity index (χ2n) is 3.86. The third-order valence-corrected chi connectivity index (χ3v) is 3.28. The summed E-state index contributed by atoms with van der Waals surface area (Å²) in [6.07, 6.45) is 1.57. The number of nitrogens with zero attached hydrogens (tertiary/aromatic N) is 1. The average Bonchev–Trinajstić information content (AvgIpc) is 2.41. The number of hydrogen-bond acceptors (Lipinski definition) is 4. The van der Waals surface area contributed by atoms with Gasteiger partial charge in [0.25, 0.3) is 5.56 Å². The summed E-state index contributed by atoms with van der Waals surface area (Å²) < 4.78 is 5.88. The minimum absolute atomic E-state index is 0.256. The number of aromatic amines is 1. The fraction of sp³-hybridized carbons (Fsp3) is 0.231. The molecule has 1 aromatic heterocycles. The lowest BCUT2D eigenvalue weighted by Gasteiger charge is -2.09. The molecule has 0 saturated heterocycles. The first-order valence-corrected chi connectivity index (χ1v) is 6.68. The molecule has 0 aliphatic heterocycles. The van der Waals surface area contributed by atoms with Crippen LogP contribution in [0.15, 0.2) is 39.7 Å². The summed E-state index contributed by atoms with van der Waals surface area (Å²) in [6.45, 7) is 3.18. The van der Waals surface area contributed by atoms with Gasteiger partial charge in [-0.1, -0.05) is 12.1 Å². The lowest BCUT2D eigenvalue weighted by Crippen LogP contribution is -2.12. The third-order valence-electron chi connectivity index (χ3n) is 2.49. The summed E-state index contributed by atoms with van der Waals surface area (Å²) in [5, 5.41) is 9.26. The van der Waals surface area contributed by atoms with Crippen LogP contribution in [-0.4, -0.2) is 16.8 Å². The number of halogens is 1. The maximum Gasteiger partial charge on any atom is 0.280 e. The molecule has 0 bridgehead atoms. The van der Waals surface area contributed by atoms with E-state index in [-0.39, 0.29) is 5.56 Å². The molecule has 2 aromatic rings. The van der Waals surface area contributed by atoms with E-state index in [0.717, 1.165) is 11.3 Å². The zero-order chi connectivity index (χ0) is 13.7. The molecule has 0 saturated carbocycles. The van der Waals surface area contributed by atoms with Gasteiger partial charge in [0.2, 0.25) is 0 Å². The molecular formula is C13H14BrN3O2. The number of anilines is 1. The number of H-pyrrole nitrogens is 1. The Morgan fingerprint density at radius 1 is 1.47 bits per heavy atom. The number of rotatable bonds is 5. The van der Waals surface area contributed by atoms with Crippen LogP contribution in [0, 0.1) is 0 Å². The second-order valence-corrected chi connectivity index (χ2v) is 4.65. The highest BCUT2D eigenvalue weighted by Crippen LogP contribution is 2.18. The van der Waals surface area contributed by atoms with Crippen LogP contribution in [0.5, 0.6) is 5.75 Å². The van der Waals surface area contributed by atoms with Gasteiger partial charge in [-0.2, -0.15) is 5.10 Å². The molecule has 1 aromatic carbocycles. The van der Waals surface area contributed by atoms with E-state index in [9.17, 15) is 4.79 Å². The number of ether oxygens (including phenoxy) is 1. The maximum atomic E-state index is 11.4. The topological polar surface area (TPSA) is 67.0 Å². The Morgan fingerprint density at radius 2 is 2.32 bits per heavy atom. The summed E-state index contributed by atoms with van der Waals surface area (Å²) in [5.41, 5.74) is 1.47. The van der Waals surface area contributed by atoms with Crippen molar-refractivity contribution in [2.24, 2.45) is 0 Å². The van der Waals surface area contributed by atoms with E-state index < -0.39 is 0 Å². The van der Waals surface area contributed by atoms with Crippen molar-refractivity contribution >= 4 is 21.6 Å². The van der Waals surface area contributed by atoms with E-state index in [1.165, 1.54) is 0 Å². The maximum absolute atomic E-state index is 11.4. The molecule has 100 valence electrons. The van der Waals surface area contributed by atoms with Crippen molar-refractivity contribution in [2.45, 2.75) is 13.5 Å². The molecule has 0 aliphatic carbocycles. The monoisotopic (exact) mass is 323 g/mol. The summed E-state index contributed by atoms with van der Waals surface area (Å²) in [7, 11) is 0. The molecule has 0 fully saturated rings. The molecule has 2 N–H and O–H groups in total. The first kappa shape index (κ1) is 13.6. The van der Waals surface area contributed by atoms with Gasteiger partial charge in [-0.25, -0.2) is 5.10 Å². The molecule has 0 amide bonds. The number of aromatic nitrogens is 2. The Bertz CT molecular complexity index is 613. The molecule has 0 atom stereocenters. The normalized spacial score (nSPS) is 10.2. The zero-order valence-electron chi connectivity index (χ0n) is 10.4. The predicted molar refractivity (Wildman–Crippen MR) is 77.5 cm³/mol. The van der Waals surface area contributed by atoms with Crippen LogP contribution in [0.2, 0.25) is 0 Å². The third kappa shape index (κ3) is 3.57. The fourth-order valence-electron chi connectivity index (χ4n) is 1.62. The minimum atomic E-state index is -0.256. The standard InChI is InChI=1S/C13H14BrN3O2/c1-2-19-10-5-3-4-9(6-10)7-15-11-8-16-17-13(18)12(11)14/h3-6,8H,2,7H2,1H3,(H2,15,17,18). The molecule has 1 heterocycles. The Morgan fingerprint density at radius 3 is 3.11 bits per heavy atom. The summed E-state index contributed by atoms with van der Waals surface area (Å²) >= 11 is 3.22. The van der Waals surface area contributed by atoms with Crippen molar-refractivity contribution in [3.05, 3.63) is 50.9 Å². The number of hydrogen-bond donors (Lipinski definition) is 2. The molecule has 2 rings (SSSR count). The molecule has 6 heteroatoms. The Hall–Kier alpha value is -1.82. The highest BCUT2D eigenvalue weighted by atomic mass is 79.9. The van der Waals surface area contributed by atoms with E-state index >= 15 is 0 Å². The smallest absolute Gasteiger partial charge is 0.280 e. The average molecular weight is 324 g/mol. The van der Waals surface area contributed by atoms with Crippen molar-refractivity contribution in [3.63, 3.8) is 0 Å². The zero-order valence-corrected chi connectivity index (χ0v) is 12.0. The van der Waals surface area contributed by atoms with Crippen LogP contribution >= 0.6 is 15.9 Å². The van der Waals surface area contributed by atoms with Gasteiger partial charge in [-0.15, -0.1) is 0 Å². The molecule has 0 radical (unpaired) electrons. The number of benzene rings is 1. The van der Waals surface area contributed by atoms with E-state index in [4.69, 9.17) is 4.74 Å². The predicted octanol–water partition coefficient (Wildman–Crippen LogP) is 2.54. The highest BCUT2D eigenvalue weighted by molar-refractivity contribution is 9.10. The first-order valence-electron chi connectivity index (χ1n) is 5.89. The largest absolute Gasteiger partial charge is 0.494 e. The Labute approximate surface area is 119 Å². The quantitative estimate of drug-likeness (QED) is 0.887. The van der Waals surface area contributed by atoms with Crippen LogP contribution in [0.1, 0.15) is 12.5 Å². The fourth-order valence-corrected chi connectivity index (χ4v) is 1.95. The van der Waals surface area contributed by atoms with Gasteiger partial charge in [0.1, 0.15) is 10.2 Å². The Balaban J connectivity index is 2.08. The lowest BCUT2D eigenvalue weighted by atomic mass is 10.2. The van der Waals surface area contributed by atoms with E-state index in [1.54, 1.807) is 6.20 Å². The van der Waals surface area contributed by atoms with Gasteiger partial charge in [0.05, 0.1) is 18.5 Å². The van der Waals surface area contributed by atoms with Crippen molar-refractivity contribution in [2.75, 3.05) is 11.9 Å². The molecule has 0 spiro atoms.